The monoisotopic (exact) mass is 294 g/mol. The number of aliphatic imine (C=N–C) groups is 1. The highest BCUT2D eigenvalue weighted by Gasteiger charge is 2.46. The maximum atomic E-state index is 12.8. The van der Waals surface area contributed by atoms with Gasteiger partial charge in [0, 0.05) is 23.4 Å². The van der Waals surface area contributed by atoms with E-state index in [0.717, 1.165) is 0 Å². The molecule has 2 nitrogen and oxygen atoms in total. The molecule has 2 aliphatic rings. The van der Waals surface area contributed by atoms with Crippen molar-refractivity contribution in [1.82, 2.24) is 4.90 Å². The molecule has 2 heterocycles. The molecule has 0 aliphatic carbocycles. The molecule has 6 heteroatoms. The zero-order valence-electron chi connectivity index (χ0n) is 8.55. The second kappa shape index (κ2) is 3.91. The van der Waals surface area contributed by atoms with Gasteiger partial charge in [-0.15, -0.1) is 0 Å². The van der Waals surface area contributed by atoms with Crippen molar-refractivity contribution in [2.75, 3.05) is 6.54 Å². The highest BCUT2D eigenvalue weighted by molar-refractivity contribution is 9.11. The van der Waals surface area contributed by atoms with E-state index in [0.29, 0.717) is 23.3 Å². The van der Waals surface area contributed by atoms with Crippen molar-refractivity contribution in [1.29, 1.82) is 0 Å². The van der Waals surface area contributed by atoms with E-state index in [-0.39, 0.29) is 0 Å². The molecular formula is C10H10BrF3N2. The van der Waals surface area contributed by atoms with Crippen LogP contribution in [0.5, 0.6) is 0 Å². The number of hydrogen-bond donors (Lipinski definition) is 0. The quantitative estimate of drug-likeness (QED) is 0.723. The molecule has 16 heavy (non-hydrogen) atoms. The molecule has 0 fully saturated rings. The fourth-order valence-electron chi connectivity index (χ4n) is 1.94. The van der Waals surface area contributed by atoms with E-state index in [1.54, 1.807) is 11.1 Å². The Labute approximate surface area is 99.7 Å². The fourth-order valence-corrected chi connectivity index (χ4v) is 2.36. The molecule has 0 saturated carbocycles. The van der Waals surface area contributed by atoms with Gasteiger partial charge in [-0.2, -0.15) is 13.2 Å². The lowest BCUT2D eigenvalue weighted by Gasteiger charge is -2.22. The highest BCUT2D eigenvalue weighted by Crippen LogP contribution is 2.42. The third kappa shape index (κ3) is 1.90. The van der Waals surface area contributed by atoms with Crippen molar-refractivity contribution in [3.8, 4) is 0 Å². The summed E-state index contributed by atoms with van der Waals surface area (Å²) < 4.78 is 39.1. The Morgan fingerprint density at radius 1 is 1.56 bits per heavy atom. The molecule has 1 atom stereocenters. The predicted octanol–water partition coefficient (Wildman–Crippen LogP) is 3.42. The van der Waals surface area contributed by atoms with E-state index in [4.69, 9.17) is 0 Å². The zero-order chi connectivity index (χ0) is 11.9. The van der Waals surface area contributed by atoms with E-state index in [9.17, 15) is 13.2 Å². The molecule has 0 aromatic heterocycles. The Morgan fingerprint density at radius 3 is 2.81 bits per heavy atom. The van der Waals surface area contributed by atoms with E-state index in [2.05, 4.69) is 20.9 Å². The number of nitrogens with zero attached hydrogens (tertiary/aromatic N) is 2. The van der Waals surface area contributed by atoms with Crippen LogP contribution in [0.3, 0.4) is 0 Å². The maximum absolute atomic E-state index is 12.8. The number of halogens is 4. The van der Waals surface area contributed by atoms with Crippen LogP contribution in [-0.4, -0.2) is 23.5 Å². The van der Waals surface area contributed by atoms with E-state index >= 15 is 0 Å². The molecule has 0 amide bonds. The van der Waals surface area contributed by atoms with Crippen LogP contribution in [0.15, 0.2) is 27.4 Å². The Kier molecular flexibility index (Phi) is 2.86. The van der Waals surface area contributed by atoms with Gasteiger partial charge in [0.05, 0.1) is 11.5 Å². The van der Waals surface area contributed by atoms with Gasteiger partial charge in [0.25, 0.3) is 0 Å². The van der Waals surface area contributed by atoms with Gasteiger partial charge in [-0.3, -0.25) is 0 Å². The summed E-state index contributed by atoms with van der Waals surface area (Å²) in [7, 11) is 0. The summed E-state index contributed by atoms with van der Waals surface area (Å²) in [6, 6.07) is 0. The molecule has 0 spiro atoms. The third-order valence-electron chi connectivity index (χ3n) is 2.68. The van der Waals surface area contributed by atoms with Gasteiger partial charge < -0.3 is 4.90 Å². The minimum Gasteiger partial charge on any atom is -0.336 e. The van der Waals surface area contributed by atoms with Crippen LogP contribution in [0, 0.1) is 5.92 Å². The summed E-state index contributed by atoms with van der Waals surface area (Å²) in [5.74, 6) is -0.155. The molecule has 1 unspecified atom stereocenters. The molecule has 0 N–H and O–H groups in total. The Hall–Kier alpha value is -0.780. The van der Waals surface area contributed by atoms with E-state index < -0.39 is 17.7 Å². The van der Waals surface area contributed by atoms with Gasteiger partial charge in [-0.05, 0) is 13.3 Å². The average Bonchev–Trinajstić information content (AvgIpc) is 2.54. The Balaban J connectivity index is 2.38. The van der Waals surface area contributed by atoms with Crippen molar-refractivity contribution in [2.24, 2.45) is 10.9 Å². The smallest absolute Gasteiger partial charge is 0.336 e. The van der Waals surface area contributed by atoms with Gasteiger partial charge in [-0.25, -0.2) is 4.99 Å². The number of hydrogen-bond acceptors (Lipinski definition) is 2. The van der Waals surface area contributed by atoms with Gasteiger partial charge in [0.1, 0.15) is 5.84 Å². The number of fused-ring (bicyclic) bond motifs is 1. The summed E-state index contributed by atoms with van der Waals surface area (Å²) in [5, 5.41) is 0. The number of alkyl halides is 3. The summed E-state index contributed by atoms with van der Waals surface area (Å²) in [5.41, 5.74) is -0.502. The summed E-state index contributed by atoms with van der Waals surface area (Å²) in [4.78, 5) is 5.63. The van der Waals surface area contributed by atoms with Crippen LogP contribution in [0.4, 0.5) is 13.2 Å². The second-order valence-electron chi connectivity index (χ2n) is 3.69. The summed E-state index contributed by atoms with van der Waals surface area (Å²) in [6.07, 6.45) is -1.20. The SMILES string of the molecule is CCN1C=C(C(F)(F)F)C2CC(Br)=CN=C21. The molecule has 0 radical (unpaired) electrons. The molecule has 0 aromatic carbocycles. The number of allylic oxidation sites excluding steroid dienone is 1. The van der Waals surface area contributed by atoms with Crippen molar-refractivity contribution < 1.29 is 13.2 Å². The minimum absolute atomic E-state index is 0.334. The third-order valence-corrected chi connectivity index (χ3v) is 3.21. The van der Waals surface area contributed by atoms with Crippen molar-refractivity contribution in [2.45, 2.75) is 19.5 Å². The Morgan fingerprint density at radius 2 is 2.25 bits per heavy atom. The van der Waals surface area contributed by atoms with Gasteiger partial charge in [0.2, 0.25) is 0 Å². The van der Waals surface area contributed by atoms with Gasteiger partial charge in [0.15, 0.2) is 0 Å². The zero-order valence-corrected chi connectivity index (χ0v) is 10.1. The van der Waals surface area contributed by atoms with Crippen molar-refractivity contribution in [3.05, 3.63) is 22.5 Å². The lowest BCUT2D eigenvalue weighted by atomic mass is 9.95. The van der Waals surface area contributed by atoms with Crippen LogP contribution in [0.25, 0.3) is 0 Å². The summed E-state index contributed by atoms with van der Waals surface area (Å²) in [6.45, 7) is 2.31. The normalized spacial score (nSPS) is 24.9. The van der Waals surface area contributed by atoms with Crippen molar-refractivity contribution in [3.63, 3.8) is 0 Å². The molecule has 2 rings (SSSR count). The first-order valence-corrected chi connectivity index (χ1v) is 5.70. The second-order valence-corrected chi connectivity index (χ2v) is 4.71. The topological polar surface area (TPSA) is 15.6 Å². The van der Waals surface area contributed by atoms with Crippen LogP contribution < -0.4 is 0 Å². The van der Waals surface area contributed by atoms with Crippen LogP contribution in [0.1, 0.15) is 13.3 Å². The predicted molar refractivity (Wildman–Crippen MR) is 59.1 cm³/mol. The van der Waals surface area contributed by atoms with Crippen LogP contribution in [-0.2, 0) is 0 Å². The molecule has 0 aromatic rings. The van der Waals surface area contributed by atoms with Crippen LogP contribution >= 0.6 is 15.9 Å². The standard InChI is InChI=1S/C10H10BrF3N2/c1-2-16-5-8(10(12,13)14)7-3-6(11)4-15-9(7)16/h4-5,7H,2-3H2,1H3. The first-order chi connectivity index (χ1) is 7.43. The number of rotatable bonds is 1. The lowest BCUT2D eigenvalue weighted by molar-refractivity contribution is -0.0961. The first-order valence-electron chi connectivity index (χ1n) is 4.91. The molecule has 88 valence electrons. The average molecular weight is 295 g/mol. The first kappa shape index (κ1) is 11.7. The largest absolute Gasteiger partial charge is 0.414 e. The van der Waals surface area contributed by atoms with Gasteiger partial charge in [-0.1, -0.05) is 15.9 Å². The van der Waals surface area contributed by atoms with E-state index in [1.165, 1.54) is 6.20 Å². The lowest BCUT2D eigenvalue weighted by Crippen LogP contribution is -2.29. The van der Waals surface area contributed by atoms with Crippen molar-refractivity contribution >= 4 is 21.8 Å². The molecular weight excluding hydrogens is 285 g/mol. The minimum atomic E-state index is -4.28. The number of amidine groups is 1. The molecule has 2 aliphatic heterocycles. The van der Waals surface area contributed by atoms with Crippen LogP contribution in [0.2, 0.25) is 0 Å². The molecule has 0 bridgehead atoms. The van der Waals surface area contributed by atoms with Gasteiger partial charge >= 0.3 is 6.18 Å². The highest BCUT2D eigenvalue weighted by atomic mass is 79.9. The summed E-state index contributed by atoms with van der Waals surface area (Å²) >= 11 is 3.20. The fraction of sp³-hybridized carbons (Fsp3) is 0.500. The molecule has 0 saturated heterocycles. The Bertz CT molecular complexity index is 395. The van der Waals surface area contributed by atoms with E-state index in [1.807, 2.05) is 6.92 Å². The maximum Gasteiger partial charge on any atom is 0.414 e.